The van der Waals surface area contributed by atoms with Crippen LogP contribution in [0.5, 0.6) is 0 Å². The van der Waals surface area contributed by atoms with Gasteiger partial charge in [0.25, 0.3) is 11.8 Å². The standard InChI is InChI=1S/C17H16N6O5S3/c1-28-22-10(8-6-31-17(19)20-8)13(24)21-11-9-7-30-16(29-5-3-2-4-18)12(15(26)27)23(9)14(11)25/h2-3,6,9,11H,5,7H2,1H3,(H2,19,20)(H,21,24)(H,26,27)/b3-2+,22-10?. The number of thioether (sulfide) groups is 2. The van der Waals surface area contributed by atoms with Crippen LogP contribution in [-0.4, -0.2) is 69.2 Å². The maximum atomic E-state index is 12.7. The number of carbonyl (C=O) groups excluding carboxylic acids is 2. The van der Waals surface area contributed by atoms with Crippen LogP contribution in [0.3, 0.4) is 0 Å². The molecule has 3 heterocycles. The highest BCUT2D eigenvalue weighted by molar-refractivity contribution is 8.22. The van der Waals surface area contributed by atoms with Gasteiger partial charge in [-0.15, -0.1) is 34.9 Å². The molecule has 1 fully saturated rings. The van der Waals surface area contributed by atoms with Crippen LogP contribution in [0.25, 0.3) is 0 Å². The third kappa shape index (κ3) is 4.68. The number of allylic oxidation sites excluding steroid dienone is 1. The third-order valence-corrected chi connectivity index (χ3v) is 7.35. The van der Waals surface area contributed by atoms with Gasteiger partial charge in [-0.3, -0.25) is 14.5 Å². The fourth-order valence-electron chi connectivity index (χ4n) is 2.90. The number of nitrogens with zero attached hydrogens (tertiary/aromatic N) is 4. The lowest BCUT2D eigenvalue weighted by molar-refractivity contribution is -0.153. The molecule has 0 spiro atoms. The van der Waals surface area contributed by atoms with Crippen LogP contribution in [0.15, 0.2) is 32.6 Å². The molecule has 2 amide bonds. The molecule has 2 atom stereocenters. The Labute approximate surface area is 189 Å². The molecule has 2 aliphatic rings. The minimum absolute atomic E-state index is 0.120. The number of nitriles is 1. The normalized spacial score (nSPS) is 20.8. The summed E-state index contributed by atoms with van der Waals surface area (Å²) in [7, 11) is 1.27. The number of hydrogen-bond acceptors (Lipinski definition) is 11. The van der Waals surface area contributed by atoms with Gasteiger partial charge in [0, 0.05) is 23.0 Å². The number of carboxylic acid groups (broad SMARTS) is 1. The first kappa shape index (κ1) is 22.7. The minimum Gasteiger partial charge on any atom is -0.477 e. The molecule has 11 nitrogen and oxygen atoms in total. The molecule has 31 heavy (non-hydrogen) atoms. The van der Waals surface area contributed by atoms with Crippen LogP contribution in [0, 0.1) is 11.3 Å². The Hall–Kier alpha value is -3.02. The van der Waals surface area contributed by atoms with E-state index in [2.05, 4.69) is 15.5 Å². The predicted octanol–water partition coefficient (Wildman–Crippen LogP) is 0.585. The molecule has 2 unspecified atom stereocenters. The second-order valence-electron chi connectivity index (χ2n) is 6.01. The molecule has 1 aromatic rings. The zero-order chi connectivity index (χ0) is 22.5. The van der Waals surface area contributed by atoms with Gasteiger partial charge >= 0.3 is 5.97 Å². The van der Waals surface area contributed by atoms with Crippen molar-refractivity contribution >= 4 is 63.5 Å². The molecule has 14 heteroatoms. The number of hydrogen-bond donors (Lipinski definition) is 3. The molecule has 0 saturated carbocycles. The number of aliphatic carboxylic acids is 1. The average Bonchev–Trinajstić information content (AvgIpc) is 3.18. The number of rotatable bonds is 8. The van der Waals surface area contributed by atoms with E-state index in [1.165, 1.54) is 47.0 Å². The number of thiazole rings is 1. The van der Waals surface area contributed by atoms with E-state index in [1.54, 1.807) is 6.08 Å². The Bertz CT molecular complexity index is 1040. The SMILES string of the molecule is CON=C(C(=O)NC1C(=O)N2C(C(=O)O)=C(SC/C=C/C#N)SCC12)c1csc(N)n1. The Morgan fingerprint density at radius 1 is 1.61 bits per heavy atom. The van der Waals surface area contributed by atoms with Crippen molar-refractivity contribution in [1.82, 2.24) is 15.2 Å². The molecule has 3 rings (SSSR count). The summed E-state index contributed by atoms with van der Waals surface area (Å²) in [6, 6.07) is 0.439. The summed E-state index contributed by atoms with van der Waals surface area (Å²) in [5.41, 5.74) is 5.55. The van der Waals surface area contributed by atoms with Gasteiger partial charge in [0.2, 0.25) is 0 Å². The monoisotopic (exact) mass is 480 g/mol. The van der Waals surface area contributed by atoms with Crippen molar-refractivity contribution in [1.29, 1.82) is 5.26 Å². The highest BCUT2D eigenvalue weighted by atomic mass is 32.2. The van der Waals surface area contributed by atoms with Gasteiger partial charge in [-0.05, 0) is 0 Å². The van der Waals surface area contributed by atoms with Crippen LogP contribution in [0.4, 0.5) is 5.13 Å². The van der Waals surface area contributed by atoms with Gasteiger partial charge in [-0.2, -0.15) is 5.26 Å². The molecule has 0 radical (unpaired) electrons. The number of fused-ring (bicyclic) bond motifs is 1. The minimum atomic E-state index is -1.23. The van der Waals surface area contributed by atoms with E-state index in [1.807, 2.05) is 6.07 Å². The maximum Gasteiger partial charge on any atom is 0.354 e. The van der Waals surface area contributed by atoms with E-state index < -0.39 is 29.9 Å². The molecule has 4 N–H and O–H groups in total. The zero-order valence-electron chi connectivity index (χ0n) is 16.0. The van der Waals surface area contributed by atoms with Crippen molar-refractivity contribution in [3.8, 4) is 6.07 Å². The topological polar surface area (TPSA) is 171 Å². The number of amides is 2. The second kappa shape index (κ2) is 9.86. The number of aromatic nitrogens is 1. The third-order valence-electron chi connectivity index (χ3n) is 4.19. The summed E-state index contributed by atoms with van der Waals surface area (Å²) in [5.74, 6) is -1.65. The van der Waals surface area contributed by atoms with E-state index in [4.69, 9.17) is 15.8 Å². The molecule has 1 saturated heterocycles. The van der Waals surface area contributed by atoms with Crippen LogP contribution in [-0.2, 0) is 19.2 Å². The molecular weight excluding hydrogens is 464 g/mol. The van der Waals surface area contributed by atoms with Gasteiger partial charge in [0.15, 0.2) is 16.5 Å². The number of carboxylic acids is 1. The summed E-state index contributed by atoms with van der Waals surface area (Å²) in [4.78, 5) is 47.1. The molecule has 2 aliphatic heterocycles. The number of carbonyl (C=O) groups is 3. The van der Waals surface area contributed by atoms with Crippen molar-refractivity contribution in [2.45, 2.75) is 12.1 Å². The Morgan fingerprint density at radius 3 is 3.00 bits per heavy atom. The lowest BCUT2D eigenvalue weighted by Crippen LogP contribution is -2.72. The lowest BCUT2D eigenvalue weighted by Gasteiger charge is -2.49. The number of β-lactam (4-membered cyclic amide) rings is 1. The second-order valence-corrected chi connectivity index (χ2v) is 9.22. The quantitative estimate of drug-likeness (QED) is 0.207. The van der Waals surface area contributed by atoms with Crippen molar-refractivity contribution in [2.75, 3.05) is 24.3 Å². The van der Waals surface area contributed by atoms with E-state index in [0.29, 0.717) is 15.7 Å². The Balaban J connectivity index is 1.75. The van der Waals surface area contributed by atoms with Crippen molar-refractivity contribution < 1.29 is 24.3 Å². The first-order valence-electron chi connectivity index (χ1n) is 8.63. The van der Waals surface area contributed by atoms with Crippen molar-refractivity contribution in [3.05, 3.63) is 33.2 Å². The zero-order valence-corrected chi connectivity index (χ0v) is 18.4. The summed E-state index contributed by atoms with van der Waals surface area (Å²) < 4.78 is 0.476. The fourth-order valence-corrected chi connectivity index (χ4v) is 5.85. The fraction of sp³-hybridized carbons (Fsp3) is 0.294. The molecule has 162 valence electrons. The van der Waals surface area contributed by atoms with Crippen LogP contribution in [0.2, 0.25) is 0 Å². The average molecular weight is 481 g/mol. The van der Waals surface area contributed by atoms with Crippen LogP contribution in [0.1, 0.15) is 5.69 Å². The molecule has 1 aromatic heterocycles. The molecule has 0 aromatic carbocycles. The Kier molecular flexibility index (Phi) is 7.21. The Morgan fingerprint density at radius 2 is 2.39 bits per heavy atom. The highest BCUT2D eigenvalue weighted by Gasteiger charge is 2.54. The van der Waals surface area contributed by atoms with Gasteiger partial charge in [-0.1, -0.05) is 11.2 Å². The van der Waals surface area contributed by atoms with E-state index in [-0.39, 0.29) is 22.2 Å². The number of nitrogens with one attached hydrogen (secondary N) is 1. The maximum absolute atomic E-state index is 12.7. The lowest BCUT2D eigenvalue weighted by atomic mass is 9.95. The van der Waals surface area contributed by atoms with Crippen molar-refractivity contribution in [3.63, 3.8) is 0 Å². The number of nitrogen functional groups attached to an aromatic ring is 1. The first-order chi connectivity index (χ1) is 14.9. The van der Waals surface area contributed by atoms with Gasteiger partial charge in [0.1, 0.15) is 18.8 Å². The number of anilines is 1. The largest absolute Gasteiger partial charge is 0.477 e. The van der Waals surface area contributed by atoms with Gasteiger partial charge < -0.3 is 21.0 Å². The molecule has 0 aliphatic carbocycles. The summed E-state index contributed by atoms with van der Waals surface area (Å²) in [5, 5.41) is 26.2. The number of oxime groups is 1. The van der Waals surface area contributed by atoms with E-state index in [0.717, 1.165) is 11.3 Å². The first-order valence-corrected chi connectivity index (χ1v) is 11.5. The predicted molar refractivity (Wildman–Crippen MR) is 117 cm³/mol. The highest BCUT2D eigenvalue weighted by Crippen LogP contribution is 2.43. The van der Waals surface area contributed by atoms with Crippen LogP contribution < -0.4 is 11.1 Å². The van der Waals surface area contributed by atoms with Gasteiger partial charge in [0.05, 0.1) is 16.3 Å². The van der Waals surface area contributed by atoms with Crippen molar-refractivity contribution in [2.24, 2.45) is 5.16 Å². The van der Waals surface area contributed by atoms with E-state index >= 15 is 0 Å². The smallest absolute Gasteiger partial charge is 0.354 e. The molecule has 0 bridgehead atoms. The van der Waals surface area contributed by atoms with E-state index in [9.17, 15) is 19.5 Å². The summed E-state index contributed by atoms with van der Waals surface area (Å²) in [6.45, 7) is 0. The molecular formula is C17H16N6O5S3. The summed E-state index contributed by atoms with van der Waals surface area (Å²) >= 11 is 3.64. The number of nitrogens with two attached hydrogens (primary N) is 1. The van der Waals surface area contributed by atoms with Crippen LogP contribution >= 0.6 is 34.9 Å². The van der Waals surface area contributed by atoms with Gasteiger partial charge in [-0.25, -0.2) is 9.78 Å². The summed E-state index contributed by atoms with van der Waals surface area (Å²) in [6.07, 6.45) is 2.91.